The third-order valence-corrected chi connectivity index (χ3v) is 2.52. The Balaban J connectivity index is 3.25. The van der Waals surface area contributed by atoms with E-state index in [2.05, 4.69) is 20.8 Å². The fourth-order valence-corrected chi connectivity index (χ4v) is 1.76. The molecule has 0 aliphatic rings. The highest BCUT2D eigenvalue weighted by atomic mass is 19.1. The molecule has 1 aromatic carbocycles. The number of halogens is 1. The van der Waals surface area contributed by atoms with E-state index in [9.17, 15) is 4.39 Å². The Morgan fingerprint density at radius 3 is 2.33 bits per heavy atom. The SMILES string of the molecule is COCc1cc(F)c(C)c(C(C)(C)C)c1. The first-order chi connectivity index (χ1) is 6.86. The van der Waals surface area contributed by atoms with Crippen molar-refractivity contribution in [1.29, 1.82) is 0 Å². The van der Waals surface area contributed by atoms with E-state index in [0.717, 1.165) is 16.7 Å². The first-order valence-corrected chi connectivity index (χ1v) is 5.14. The summed E-state index contributed by atoms with van der Waals surface area (Å²) in [5, 5.41) is 0. The maximum absolute atomic E-state index is 13.6. The van der Waals surface area contributed by atoms with E-state index in [1.54, 1.807) is 13.2 Å². The molecule has 0 spiro atoms. The van der Waals surface area contributed by atoms with E-state index in [4.69, 9.17) is 4.74 Å². The van der Waals surface area contributed by atoms with E-state index in [-0.39, 0.29) is 11.2 Å². The minimum atomic E-state index is -0.144. The minimum Gasteiger partial charge on any atom is -0.380 e. The Labute approximate surface area is 91.3 Å². The van der Waals surface area contributed by atoms with Crippen molar-refractivity contribution in [1.82, 2.24) is 0 Å². The van der Waals surface area contributed by atoms with Crippen molar-refractivity contribution in [2.24, 2.45) is 0 Å². The average Bonchev–Trinajstić information content (AvgIpc) is 2.09. The van der Waals surface area contributed by atoms with Crippen molar-refractivity contribution >= 4 is 0 Å². The fourth-order valence-electron chi connectivity index (χ4n) is 1.76. The van der Waals surface area contributed by atoms with Gasteiger partial charge in [-0.2, -0.15) is 0 Å². The van der Waals surface area contributed by atoms with Crippen LogP contribution in [-0.2, 0) is 16.8 Å². The summed E-state index contributed by atoms with van der Waals surface area (Å²) in [4.78, 5) is 0. The lowest BCUT2D eigenvalue weighted by atomic mass is 9.83. The van der Waals surface area contributed by atoms with Gasteiger partial charge in [-0.3, -0.25) is 0 Å². The van der Waals surface area contributed by atoms with Crippen molar-refractivity contribution in [3.05, 3.63) is 34.6 Å². The van der Waals surface area contributed by atoms with Crippen molar-refractivity contribution in [3.8, 4) is 0 Å². The lowest BCUT2D eigenvalue weighted by Gasteiger charge is -2.23. The number of hydrogen-bond acceptors (Lipinski definition) is 1. The Morgan fingerprint density at radius 1 is 1.27 bits per heavy atom. The Morgan fingerprint density at radius 2 is 1.87 bits per heavy atom. The van der Waals surface area contributed by atoms with Gasteiger partial charge in [0.2, 0.25) is 0 Å². The summed E-state index contributed by atoms with van der Waals surface area (Å²) in [7, 11) is 1.62. The number of methoxy groups -OCH3 is 1. The van der Waals surface area contributed by atoms with Crippen LogP contribution in [0.5, 0.6) is 0 Å². The van der Waals surface area contributed by atoms with Crippen molar-refractivity contribution in [3.63, 3.8) is 0 Å². The molecule has 0 atom stereocenters. The molecule has 0 N–H and O–H groups in total. The zero-order valence-corrected chi connectivity index (χ0v) is 10.1. The Bertz CT molecular complexity index is 350. The van der Waals surface area contributed by atoms with Gasteiger partial charge in [0.15, 0.2) is 0 Å². The van der Waals surface area contributed by atoms with Gasteiger partial charge >= 0.3 is 0 Å². The summed E-state index contributed by atoms with van der Waals surface area (Å²) in [5.74, 6) is -0.144. The molecule has 0 aliphatic carbocycles. The predicted molar refractivity (Wildman–Crippen MR) is 60.6 cm³/mol. The molecule has 1 nitrogen and oxygen atoms in total. The maximum atomic E-state index is 13.6. The quantitative estimate of drug-likeness (QED) is 0.725. The van der Waals surface area contributed by atoms with E-state index < -0.39 is 0 Å². The molecule has 1 aromatic rings. The van der Waals surface area contributed by atoms with E-state index in [1.165, 1.54) is 0 Å². The van der Waals surface area contributed by atoms with Gasteiger partial charge in [-0.1, -0.05) is 26.8 Å². The van der Waals surface area contributed by atoms with Crippen LogP contribution in [0.1, 0.15) is 37.5 Å². The highest BCUT2D eigenvalue weighted by Crippen LogP contribution is 2.28. The zero-order valence-electron chi connectivity index (χ0n) is 10.1. The van der Waals surface area contributed by atoms with Crippen LogP contribution in [0.3, 0.4) is 0 Å². The van der Waals surface area contributed by atoms with Crippen molar-refractivity contribution in [2.75, 3.05) is 7.11 Å². The molecule has 0 saturated carbocycles. The number of rotatable bonds is 2. The van der Waals surface area contributed by atoms with Crippen LogP contribution >= 0.6 is 0 Å². The van der Waals surface area contributed by atoms with Crippen LogP contribution in [0.2, 0.25) is 0 Å². The number of hydrogen-bond donors (Lipinski definition) is 0. The van der Waals surface area contributed by atoms with E-state index in [0.29, 0.717) is 6.61 Å². The van der Waals surface area contributed by atoms with E-state index in [1.807, 2.05) is 13.0 Å². The molecule has 0 bridgehead atoms. The summed E-state index contributed by atoms with van der Waals surface area (Å²) in [6, 6.07) is 3.58. The third-order valence-electron chi connectivity index (χ3n) is 2.52. The molecule has 0 unspecified atom stereocenters. The fraction of sp³-hybridized carbons (Fsp3) is 0.538. The average molecular weight is 210 g/mol. The van der Waals surface area contributed by atoms with Crippen LogP contribution in [0.4, 0.5) is 4.39 Å². The van der Waals surface area contributed by atoms with Gasteiger partial charge < -0.3 is 4.74 Å². The lowest BCUT2D eigenvalue weighted by Crippen LogP contribution is -2.14. The summed E-state index contributed by atoms with van der Waals surface area (Å²) in [5.41, 5.74) is 2.65. The molecule has 0 amide bonds. The molecule has 0 aromatic heterocycles. The molecule has 0 aliphatic heterocycles. The molecule has 0 saturated heterocycles. The summed E-state index contributed by atoms with van der Waals surface area (Å²) in [6.45, 7) is 8.55. The Kier molecular flexibility index (Phi) is 3.50. The Hall–Kier alpha value is -0.890. The summed E-state index contributed by atoms with van der Waals surface area (Å²) < 4.78 is 18.7. The van der Waals surface area contributed by atoms with Gasteiger partial charge in [-0.25, -0.2) is 4.39 Å². The molecule has 0 radical (unpaired) electrons. The van der Waals surface area contributed by atoms with Crippen LogP contribution in [0, 0.1) is 12.7 Å². The van der Waals surface area contributed by atoms with Gasteiger partial charge in [0.25, 0.3) is 0 Å². The lowest BCUT2D eigenvalue weighted by molar-refractivity contribution is 0.184. The van der Waals surface area contributed by atoms with Crippen molar-refractivity contribution < 1.29 is 9.13 Å². The van der Waals surface area contributed by atoms with Gasteiger partial charge in [-0.05, 0) is 35.1 Å². The zero-order chi connectivity index (χ0) is 11.6. The second kappa shape index (κ2) is 4.31. The second-order valence-electron chi connectivity index (χ2n) is 4.93. The first kappa shape index (κ1) is 12.2. The maximum Gasteiger partial charge on any atom is 0.126 e. The standard InChI is InChI=1S/C13H19FO/c1-9-11(13(2,3)4)6-10(8-15-5)7-12(9)14/h6-7H,8H2,1-5H3. The molecule has 1 rings (SSSR count). The first-order valence-electron chi connectivity index (χ1n) is 5.14. The minimum absolute atomic E-state index is 0.0331. The smallest absolute Gasteiger partial charge is 0.126 e. The molecule has 0 fully saturated rings. The summed E-state index contributed by atoms with van der Waals surface area (Å²) in [6.07, 6.45) is 0. The van der Waals surface area contributed by atoms with Crippen molar-refractivity contribution in [2.45, 2.75) is 39.7 Å². The highest BCUT2D eigenvalue weighted by Gasteiger charge is 2.19. The van der Waals surface area contributed by atoms with Gasteiger partial charge in [-0.15, -0.1) is 0 Å². The number of ether oxygens (including phenoxy) is 1. The normalized spacial score (nSPS) is 11.9. The molecular formula is C13H19FO. The summed E-state index contributed by atoms with van der Waals surface area (Å²) >= 11 is 0. The van der Waals surface area contributed by atoms with Gasteiger partial charge in [0, 0.05) is 7.11 Å². The molecule has 15 heavy (non-hydrogen) atoms. The van der Waals surface area contributed by atoms with E-state index >= 15 is 0 Å². The molecule has 2 heteroatoms. The van der Waals surface area contributed by atoms with Crippen LogP contribution in [0.15, 0.2) is 12.1 Å². The highest BCUT2D eigenvalue weighted by molar-refractivity contribution is 5.36. The second-order valence-corrected chi connectivity index (χ2v) is 4.93. The molecule has 84 valence electrons. The monoisotopic (exact) mass is 210 g/mol. The van der Waals surface area contributed by atoms with Gasteiger partial charge in [0.1, 0.15) is 5.82 Å². The number of benzene rings is 1. The topological polar surface area (TPSA) is 9.23 Å². The molecular weight excluding hydrogens is 191 g/mol. The predicted octanol–water partition coefficient (Wildman–Crippen LogP) is 3.58. The molecule has 0 heterocycles. The largest absolute Gasteiger partial charge is 0.380 e. The van der Waals surface area contributed by atoms with Crippen LogP contribution in [-0.4, -0.2) is 7.11 Å². The third kappa shape index (κ3) is 2.78. The van der Waals surface area contributed by atoms with Gasteiger partial charge in [0.05, 0.1) is 6.61 Å². The van der Waals surface area contributed by atoms with Crippen LogP contribution in [0.25, 0.3) is 0 Å². The van der Waals surface area contributed by atoms with Crippen LogP contribution < -0.4 is 0 Å².